The molecule has 0 bridgehead atoms. The topological polar surface area (TPSA) is 38.2 Å². The molecular formula is C16H17BrF3N3O. The molecule has 0 unspecified atom stereocenters. The van der Waals surface area contributed by atoms with Crippen molar-refractivity contribution < 1.29 is 17.9 Å². The quantitative estimate of drug-likeness (QED) is 0.687. The number of anilines is 2. The fraction of sp³-hybridized carbons (Fsp3) is 0.375. The zero-order valence-electron chi connectivity index (χ0n) is 13.4. The third kappa shape index (κ3) is 4.17. The largest absolute Gasteiger partial charge is 0.474 e. The van der Waals surface area contributed by atoms with Crippen molar-refractivity contribution in [1.82, 2.24) is 9.97 Å². The molecule has 0 saturated carbocycles. The Kier molecular flexibility index (Phi) is 5.69. The van der Waals surface area contributed by atoms with E-state index in [0.717, 1.165) is 16.4 Å². The van der Waals surface area contributed by atoms with Gasteiger partial charge in [-0.3, -0.25) is 0 Å². The SMILES string of the molecule is CCN(c1ncc(C(F)(F)F)c(OC(C)C)n1)c1ccccc1Br. The first kappa shape index (κ1) is 18.5. The van der Waals surface area contributed by atoms with Crippen LogP contribution >= 0.6 is 15.9 Å². The smallest absolute Gasteiger partial charge is 0.423 e. The van der Waals surface area contributed by atoms with E-state index in [1.165, 1.54) is 0 Å². The fourth-order valence-electron chi connectivity index (χ4n) is 2.09. The van der Waals surface area contributed by atoms with Crippen LogP contribution in [-0.4, -0.2) is 22.6 Å². The first-order chi connectivity index (χ1) is 11.2. The lowest BCUT2D eigenvalue weighted by Crippen LogP contribution is -2.22. The molecule has 0 amide bonds. The van der Waals surface area contributed by atoms with E-state index >= 15 is 0 Å². The Morgan fingerprint density at radius 2 is 1.92 bits per heavy atom. The minimum absolute atomic E-state index is 0.146. The first-order valence-electron chi connectivity index (χ1n) is 7.37. The van der Waals surface area contributed by atoms with Gasteiger partial charge in [0.2, 0.25) is 11.8 Å². The lowest BCUT2D eigenvalue weighted by molar-refractivity contribution is -0.139. The van der Waals surface area contributed by atoms with Crippen LogP contribution < -0.4 is 9.64 Å². The van der Waals surface area contributed by atoms with Crippen LogP contribution in [0.25, 0.3) is 0 Å². The van der Waals surface area contributed by atoms with Crippen molar-refractivity contribution in [3.8, 4) is 5.88 Å². The molecule has 24 heavy (non-hydrogen) atoms. The van der Waals surface area contributed by atoms with E-state index in [4.69, 9.17) is 4.74 Å². The maximum atomic E-state index is 13.1. The van der Waals surface area contributed by atoms with E-state index in [2.05, 4.69) is 25.9 Å². The summed E-state index contributed by atoms with van der Waals surface area (Å²) in [5.41, 5.74) is -0.224. The van der Waals surface area contributed by atoms with Gasteiger partial charge in [0, 0.05) is 17.2 Å². The van der Waals surface area contributed by atoms with Crippen molar-refractivity contribution in [2.24, 2.45) is 0 Å². The van der Waals surface area contributed by atoms with Crippen LogP contribution in [0, 0.1) is 0 Å². The number of ether oxygens (including phenoxy) is 1. The van der Waals surface area contributed by atoms with E-state index in [-0.39, 0.29) is 5.95 Å². The number of alkyl halides is 3. The second-order valence-electron chi connectivity index (χ2n) is 5.25. The zero-order valence-corrected chi connectivity index (χ0v) is 15.0. The van der Waals surface area contributed by atoms with Crippen molar-refractivity contribution in [3.63, 3.8) is 0 Å². The normalized spacial score (nSPS) is 11.7. The first-order valence-corrected chi connectivity index (χ1v) is 8.16. The standard InChI is InChI=1S/C16H17BrF3N3O/c1-4-23(13-8-6-5-7-12(13)17)15-21-9-11(16(18,19)20)14(22-15)24-10(2)3/h5-10H,4H2,1-3H3. The average molecular weight is 404 g/mol. The van der Waals surface area contributed by atoms with E-state index in [1.807, 2.05) is 31.2 Å². The van der Waals surface area contributed by atoms with Gasteiger partial charge in [-0.15, -0.1) is 0 Å². The third-order valence-corrected chi connectivity index (χ3v) is 3.77. The molecule has 4 nitrogen and oxygen atoms in total. The number of aromatic nitrogens is 2. The molecule has 0 fully saturated rings. The average Bonchev–Trinajstić information content (AvgIpc) is 2.48. The Morgan fingerprint density at radius 1 is 1.25 bits per heavy atom. The van der Waals surface area contributed by atoms with Crippen LogP contribution in [0.15, 0.2) is 34.9 Å². The molecule has 130 valence electrons. The molecule has 0 aliphatic rings. The number of benzene rings is 1. The van der Waals surface area contributed by atoms with Crippen molar-refractivity contribution in [3.05, 3.63) is 40.5 Å². The molecule has 0 aliphatic heterocycles. The van der Waals surface area contributed by atoms with Crippen LogP contribution in [0.3, 0.4) is 0 Å². The number of para-hydroxylation sites is 1. The Balaban J connectivity index is 2.52. The minimum Gasteiger partial charge on any atom is -0.474 e. The van der Waals surface area contributed by atoms with Gasteiger partial charge in [0.15, 0.2) is 0 Å². The monoisotopic (exact) mass is 403 g/mol. The summed E-state index contributed by atoms with van der Waals surface area (Å²) in [6.45, 7) is 5.64. The summed E-state index contributed by atoms with van der Waals surface area (Å²) in [6, 6.07) is 7.35. The van der Waals surface area contributed by atoms with E-state index < -0.39 is 23.7 Å². The zero-order chi connectivity index (χ0) is 17.9. The highest BCUT2D eigenvalue weighted by molar-refractivity contribution is 9.10. The van der Waals surface area contributed by atoms with Crippen molar-refractivity contribution in [2.45, 2.75) is 33.1 Å². The summed E-state index contributed by atoms with van der Waals surface area (Å²) in [5.74, 6) is -0.318. The maximum Gasteiger partial charge on any atom is 0.423 e. The molecule has 0 atom stereocenters. The Bertz CT molecular complexity index is 707. The second-order valence-corrected chi connectivity index (χ2v) is 6.10. The van der Waals surface area contributed by atoms with Gasteiger partial charge in [-0.1, -0.05) is 12.1 Å². The molecule has 0 N–H and O–H groups in total. The third-order valence-electron chi connectivity index (χ3n) is 3.09. The summed E-state index contributed by atoms with van der Waals surface area (Å²) in [7, 11) is 0. The van der Waals surface area contributed by atoms with Gasteiger partial charge in [0.1, 0.15) is 5.56 Å². The van der Waals surface area contributed by atoms with Gasteiger partial charge in [0.25, 0.3) is 0 Å². The van der Waals surface area contributed by atoms with Crippen LogP contribution in [0.1, 0.15) is 26.3 Å². The highest BCUT2D eigenvalue weighted by atomic mass is 79.9. The molecule has 0 saturated heterocycles. The number of hydrogen-bond acceptors (Lipinski definition) is 4. The number of halogens is 4. The maximum absolute atomic E-state index is 13.1. The lowest BCUT2D eigenvalue weighted by Gasteiger charge is -2.23. The highest BCUT2D eigenvalue weighted by Gasteiger charge is 2.37. The molecule has 1 heterocycles. The van der Waals surface area contributed by atoms with E-state index in [0.29, 0.717) is 6.54 Å². The summed E-state index contributed by atoms with van der Waals surface area (Å²) < 4.78 is 45.4. The molecule has 2 rings (SSSR count). The second kappa shape index (κ2) is 7.38. The molecule has 1 aromatic carbocycles. The van der Waals surface area contributed by atoms with Gasteiger partial charge in [-0.25, -0.2) is 4.98 Å². The molecule has 0 spiro atoms. The Labute approximate surface area is 146 Å². The predicted octanol–water partition coefficient (Wildman–Crippen LogP) is 5.20. The molecule has 2 aromatic rings. The summed E-state index contributed by atoms with van der Waals surface area (Å²) >= 11 is 3.43. The fourth-order valence-corrected chi connectivity index (χ4v) is 2.58. The summed E-state index contributed by atoms with van der Waals surface area (Å²) in [4.78, 5) is 9.62. The van der Waals surface area contributed by atoms with Crippen LogP contribution in [0.5, 0.6) is 5.88 Å². The molecule has 1 aromatic heterocycles. The van der Waals surface area contributed by atoms with Gasteiger partial charge in [-0.05, 0) is 48.8 Å². The highest BCUT2D eigenvalue weighted by Crippen LogP contribution is 2.37. The minimum atomic E-state index is -4.58. The summed E-state index contributed by atoms with van der Waals surface area (Å²) in [5, 5.41) is 0. The Hall–Kier alpha value is -1.83. The van der Waals surface area contributed by atoms with Gasteiger partial charge >= 0.3 is 6.18 Å². The molecule has 0 radical (unpaired) electrons. The van der Waals surface area contributed by atoms with E-state index in [9.17, 15) is 13.2 Å². The lowest BCUT2D eigenvalue weighted by atomic mass is 10.3. The predicted molar refractivity (Wildman–Crippen MR) is 89.6 cm³/mol. The van der Waals surface area contributed by atoms with E-state index in [1.54, 1.807) is 18.7 Å². The number of hydrogen-bond donors (Lipinski definition) is 0. The molecular weight excluding hydrogens is 387 g/mol. The Morgan fingerprint density at radius 3 is 2.46 bits per heavy atom. The van der Waals surface area contributed by atoms with Crippen LogP contribution in [0.4, 0.5) is 24.8 Å². The van der Waals surface area contributed by atoms with Gasteiger partial charge < -0.3 is 9.64 Å². The number of rotatable bonds is 5. The number of nitrogens with zero attached hydrogens (tertiary/aromatic N) is 3. The van der Waals surface area contributed by atoms with Crippen molar-refractivity contribution in [1.29, 1.82) is 0 Å². The van der Waals surface area contributed by atoms with Crippen molar-refractivity contribution >= 4 is 27.6 Å². The molecule has 8 heteroatoms. The van der Waals surface area contributed by atoms with Crippen LogP contribution in [0.2, 0.25) is 0 Å². The summed E-state index contributed by atoms with van der Waals surface area (Å²) in [6.07, 6.45) is -4.25. The molecule has 0 aliphatic carbocycles. The van der Waals surface area contributed by atoms with Gasteiger partial charge in [0.05, 0.1) is 11.8 Å². The van der Waals surface area contributed by atoms with Crippen molar-refractivity contribution in [2.75, 3.05) is 11.4 Å². The van der Waals surface area contributed by atoms with Crippen LogP contribution in [-0.2, 0) is 6.18 Å². The van der Waals surface area contributed by atoms with Gasteiger partial charge in [-0.2, -0.15) is 18.2 Å².